The normalized spacial score (nSPS) is 22.1. The zero-order valence-corrected chi connectivity index (χ0v) is 11.9. The maximum Gasteiger partial charge on any atom is 0.322 e. The lowest BCUT2D eigenvalue weighted by Crippen LogP contribution is -2.47. The fourth-order valence-corrected chi connectivity index (χ4v) is 3.53. The molecule has 2 rings (SSSR count). The molecule has 1 aromatic rings. The summed E-state index contributed by atoms with van der Waals surface area (Å²) in [6.07, 6.45) is 0. The van der Waals surface area contributed by atoms with Gasteiger partial charge in [-0.25, -0.2) is 8.42 Å². The van der Waals surface area contributed by atoms with Crippen molar-refractivity contribution >= 4 is 21.7 Å². The molecule has 0 aliphatic carbocycles. The molecule has 8 nitrogen and oxygen atoms in total. The Balaban J connectivity index is 2.31. The van der Waals surface area contributed by atoms with Crippen molar-refractivity contribution in [1.29, 1.82) is 0 Å². The van der Waals surface area contributed by atoms with Crippen LogP contribution in [-0.4, -0.2) is 61.6 Å². The van der Waals surface area contributed by atoms with Crippen LogP contribution < -0.4 is 15.0 Å². The minimum atomic E-state index is -2.96. The molecule has 19 heavy (non-hydrogen) atoms. The third-order valence-electron chi connectivity index (χ3n) is 2.94. The topological polar surface area (TPSA) is 97.3 Å². The largest absolute Gasteiger partial charge is 0.467 e. The van der Waals surface area contributed by atoms with E-state index >= 15 is 0 Å². The lowest BCUT2D eigenvalue weighted by atomic mass is 10.3. The molecule has 0 radical (unpaired) electrons. The molecule has 0 amide bonds. The summed E-state index contributed by atoms with van der Waals surface area (Å²) in [5.74, 6) is 1.04. The fourth-order valence-electron chi connectivity index (χ4n) is 1.97. The summed E-state index contributed by atoms with van der Waals surface area (Å²) >= 11 is 0. The van der Waals surface area contributed by atoms with E-state index in [1.165, 1.54) is 7.11 Å². The molecule has 1 saturated heterocycles. The van der Waals surface area contributed by atoms with Gasteiger partial charge in [0.1, 0.15) is 0 Å². The number of rotatable bonds is 3. The molecule has 0 aromatic carbocycles. The maximum absolute atomic E-state index is 11.6. The van der Waals surface area contributed by atoms with E-state index in [2.05, 4.69) is 20.3 Å². The van der Waals surface area contributed by atoms with E-state index in [0.29, 0.717) is 18.4 Å². The van der Waals surface area contributed by atoms with Crippen LogP contribution >= 0.6 is 0 Å². The van der Waals surface area contributed by atoms with Crippen molar-refractivity contribution in [2.75, 3.05) is 42.4 Å². The second-order valence-corrected chi connectivity index (χ2v) is 6.58. The Morgan fingerprint density at radius 3 is 2.68 bits per heavy atom. The molecule has 1 aliphatic rings. The molecule has 1 atom stereocenters. The Morgan fingerprint density at radius 1 is 1.37 bits per heavy atom. The minimum Gasteiger partial charge on any atom is -0.467 e. The monoisotopic (exact) mass is 287 g/mol. The minimum absolute atomic E-state index is 0.107. The standard InChI is InChI=1S/C10H17N5O3S/c1-7-6-19(16,17)5-4-15(7)9-12-8(11-2)13-10(14-9)18-3/h7H,4-6H2,1-3H3,(H,11,12,13,14). The van der Waals surface area contributed by atoms with Crippen molar-refractivity contribution < 1.29 is 13.2 Å². The van der Waals surface area contributed by atoms with E-state index in [9.17, 15) is 8.42 Å². The number of nitrogens with zero attached hydrogens (tertiary/aromatic N) is 4. The van der Waals surface area contributed by atoms with E-state index in [1.54, 1.807) is 7.05 Å². The summed E-state index contributed by atoms with van der Waals surface area (Å²) < 4.78 is 28.2. The van der Waals surface area contributed by atoms with Gasteiger partial charge in [0.25, 0.3) is 0 Å². The number of aromatic nitrogens is 3. The van der Waals surface area contributed by atoms with Crippen LogP contribution in [0.1, 0.15) is 6.92 Å². The SMILES string of the molecule is CNc1nc(OC)nc(N2CCS(=O)(=O)CC2C)n1. The highest BCUT2D eigenvalue weighted by molar-refractivity contribution is 7.91. The van der Waals surface area contributed by atoms with Gasteiger partial charge in [-0.1, -0.05) is 0 Å². The van der Waals surface area contributed by atoms with E-state index in [1.807, 2.05) is 11.8 Å². The lowest BCUT2D eigenvalue weighted by Gasteiger charge is -2.33. The third kappa shape index (κ3) is 3.03. The van der Waals surface area contributed by atoms with E-state index in [4.69, 9.17) is 4.74 Å². The van der Waals surface area contributed by atoms with Crippen LogP contribution in [0.4, 0.5) is 11.9 Å². The van der Waals surface area contributed by atoms with Gasteiger partial charge in [0.05, 0.1) is 18.6 Å². The summed E-state index contributed by atoms with van der Waals surface area (Å²) in [6.45, 7) is 2.21. The highest BCUT2D eigenvalue weighted by Crippen LogP contribution is 2.20. The molecule has 1 aliphatic heterocycles. The van der Waals surface area contributed by atoms with Gasteiger partial charge in [0, 0.05) is 19.6 Å². The second-order valence-electron chi connectivity index (χ2n) is 4.35. The zero-order valence-electron chi connectivity index (χ0n) is 11.1. The van der Waals surface area contributed by atoms with E-state index < -0.39 is 9.84 Å². The quantitative estimate of drug-likeness (QED) is 0.798. The van der Waals surface area contributed by atoms with Crippen LogP contribution in [-0.2, 0) is 9.84 Å². The van der Waals surface area contributed by atoms with Crippen molar-refractivity contribution in [1.82, 2.24) is 15.0 Å². The molecule has 1 aromatic heterocycles. The van der Waals surface area contributed by atoms with E-state index in [-0.39, 0.29) is 23.6 Å². The molecule has 0 saturated carbocycles. The maximum atomic E-state index is 11.6. The Bertz CT molecular complexity index is 540. The summed E-state index contributed by atoms with van der Waals surface area (Å²) in [5.41, 5.74) is 0. The summed E-state index contributed by atoms with van der Waals surface area (Å²) in [4.78, 5) is 14.3. The summed E-state index contributed by atoms with van der Waals surface area (Å²) in [6, 6.07) is 0.0329. The lowest BCUT2D eigenvalue weighted by molar-refractivity contribution is 0.378. The summed E-state index contributed by atoms with van der Waals surface area (Å²) in [7, 11) is 0.208. The smallest absolute Gasteiger partial charge is 0.322 e. The molecule has 1 fully saturated rings. The number of sulfone groups is 1. The molecule has 1 N–H and O–H groups in total. The van der Waals surface area contributed by atoms with Crippen LogP contribution in [0.25, 0.3) is 0 Å². The van der Waals surface area contributed by atoms with Crippen LogP contribution in [0.5, 0.6) is 6.01 Å². The van der Waals surface area contributed by atoms with Crippen LogP contribution in [0.15, 0.2) is 0 Å². The molecule has 106 valence electrons. The first-order valence-electron chi connectivity index (χ1n) is 5.90. The average Bonchev–Trinajstić information content (AvgIpc) is 2.37. The number of ether oxygens (including phenoxy) is 1. The molecule has 0 spiro atoms. The van der Waals surface area contributed by atoms with Gasteiger partial charge in [-0.05, 0) is 6.92 Å². The van der Waals surface area contributed by atoms with Gasteiger partial charge < -0.3 is 15.0 Å². The predicted molar refractivity (Wildman–Crippen MR) is 71.4 cm³/mol. The van der Waals surface area contributed by atoms with Crippen LogP contribution in [0, 0.1) is 0 Å². The molecule has 2 heterocycles. The van der Waals surface area contributed by atoms with Crippen molar-refractivity contribution in [2.24, 2.45) is 0 Å². The highest BCUT2D eigenvalue weighted by atomic mass is 32.2. The Hall–Kier alpha value is -1.64. The van der Waals surface area contributed by atoms with Gasteiger partial charge in [0.2, 0.25) is 11.9 Å². The number of hydrogen-bond donors (Lipinski definition) is 1. The first kappa shape index (κ1) is 13.8. The van der Waals surface area contributed by atoms with Crippen molar-refractivity contribution in [3.05, 3.63) is 0 Å². The second kappa shape index (κ2) is 5.16. The Kier molecular flexibility index (Phi) is 3.74. The predicted octanol–water partition coefficient (Wildman–Crippen LogP) is -0.455. The molecular formula is C10H17N5O3S. The van der Waals surface area contributed by atoms with Crippen LogP contribution in [0.2, 0.25) is 0 Å². The number of hydrogen-bond acceptors (Lipinski definition) is 8. The van der Waals surface area contributed by atoms with Gasteiger partial charge in [-0.3, -0.25) is 0 Å². The summed E-state index contributed by atoms with van der Waals surface area (Å²) in [5, 5.41) is 2.83. The average molecular weight is 287 g/mol. The molecule has 9 heteroatoms. The Morgan fingerprint density at radius 2 is 2.11 bits per heavy atom. The first-order valence-corrected chi connectivity index (χ1v) is 7.72. The van der Waals surface area contributed by atoms with Crippen molar-refractivity contribution in [3.8, 4) is 6.01 Å². The fraction of sp³-hybridized carbons (Fsp3) is 0.700. The molecular weight excluding hydrogens is 270 g/mol. The first-order chi connectivity index (χ1) is 8.95. The van der Waals surface area contributed by atoms with Gasteiger partial charge in [0.15, 0.2) is 9.84 Å². The van der Waals surface area contributed by atoms with Gasteiger partial charge >= 0.3 is 6.01 Å². The third-order valence-corrected chi connectivity index (χ3v) is 4.73. The number of nitrogens with one attached hydrogen (secondary N) is 1. The zero-order chi connectivity index (χ0) is 14.0. The number of anilines is 2. The van der Waals surface area contributed by atoms with Crippen LogP contribution in [0.3, 0.4) is 0 Å². The van der Waals surface area contributed by atoms with Gasteiger partial charge in [-0.2, -0.15) is 15.0 Å². The van der Waals surface area contributed by atoms with Crippen molar-refractivity contribution in [2.45, 2.75) is 13.0 Å². The molecule has 0 bridgehead atoms. The number of methoxy groups -OCH3 is 1. The Labute approximate surface area is 112 Å². The van der Waals surface area contributed by atoms with E-state index in [0.717, 1.165) is 0 Å². The highest BCUT2D eigenvalue weighted by Gasteiger charge is 2.30. The van der Waals surface area contributed by atoms with Gasteiger partial charge in [-0.15, -0.1) is 0 Å². The van der Waals surface area contributed by atoms with Crippen molar-refractivity contribution in [3.63, 3.8) is 0 Å². The molecule has 1 unspecified atom stereocenters.